The quantitative estimate of drug-likeness (QED) is 0.348. The minimum absolute atomic E-state index is 0.658. The monoisotopic (exact) mass is 416 g/mol. The van der Waals surface area contributed by atoms with E-state index in [0.717, 1.165) is 42.2 Å². The van der Waals surface area contributed by atoms with Crippen molar-refractivity contribution < 1.29 is 0 Å². The summed E-state index contributed by atoms with van der Waals surface area (Å²) in [5, 5.41) is 12.1. The first-order valence-corrected chi connectivity index (χ1v) is 9.73. The number of aromatic nitrogens is 3. The fraction of sp³-hybridized carbons (Fsp3) is 0.250. The standard InChI is InChI=1S/C20H22Cl2N6/c1-23-20(25-10-2-3-16-6-7-17(21)11-19(16)22)26-12-15-4-8-18(9-5-15)28-14-24-13-27-28/h4-9,11,13-14H,2-3,10,12H2,1H3,(H2,23,25,26). The molecule has 0 radical (unpaired) electrons. The number of nitrogens with one attached hydrogen (secondary N) is 2. The van der Waals surface area contributed by atoms with Gasteiger partial charge >= 0.3 is 0 Å². The van der Waals surface area contributed by atoms with Gasteiger partial charge in [-0.2, -0.15) is 5.10 Å². The van der Waals surface area contributed by atoms with E-state index in [1.807, 2.05) is 24.3 Å². The van der Waals surface area contributed by atoms with Crippen molar-refractivity contribution in [3.8, 4) is 5.69 Å². The van der Waals surface area contributed by atoms with Crippen LogP contribution in [0.5, 0.6) is 0 Å². The Kier molecular flexibility index (Phi) is 7.28. The SMILES string of the molecule is CN=C(NCCCc1ccc(Cl)cc1Cl)NCc1ccc(-n2cncn2)cc1. The maximum atomic E-state index is 6.21. The number of hydrogen-bond donors (Lipinski definition) is 2. The van der Waals surface area contributed by atoms with E-state index in [4.69, 9.17) is 23.2 Å². The highest BCUT2D eigenvalue weighted by atomic mass is 35.5. The number of nitrogens with zero attached hydrogens (tertiary/aromatic N) is 4. The molecule has 0 bridgehead atoms. The number of benzene rings is 2. The number of aliphatic imine (C=N–C) groups is 1. The molecule has 2 N–H and O–H groups in total. The van der Waals surface area contributed by atoms with Crippen molar-refractivity contribution >= 4 is 29.2 Å². The van der Waals surface area contributed by atoms with Crippen LogP contribution in [0.3, 0.4) is 0 Å². The van der Waals surface area contributed by atoms with Gasteiger partial charge in [0, 0.05) is 30.2 Å². The topological polar surface area (TPSA) is 67.1 Å². The van der Waals surface area contributed by atoms with Crippen LogP contribution in [0.15, 0.2) is 60.1 Å². The lowest BCUT2D eigenvalue weighted by molar-refractivity contribution is 0.742. The molecule has 0 saturated heterocycles. The van der Waals surface area contributed by atoms with Crippen LogP contribution in [-0.4, -0.2) is 34.3 Å². The molecule has 0 amide bonds. The molecule has 0 aliphatic rings. The highest BCUT2D eigenvalue weighted by Gasteiger charge is 2.03. The van der Waals surface area contributed by atoms with Crippen LogP contribution >= 0.6 is 23.2 Å². The molecule has 0 spiro atoms. The molecule has 0 saturated carbocycles. The summed E-state index contributed by atoms with van der Waals surface area (Å²) in [5.74, 6) is 0.766. The molecule has 146 valence electrons. The van der Waals surface area contributed by atoms with Crippen LogP contribution in [0.2, 0.25) is 10.0 Å². The molecule has 0 aliphatic heterocycles. The number of guanidine groups is 1. The lowest BCUT2D eigenvalue weighted by atomic mass is 10.1. The Labute approximate surface area is 174 Å². The Morgan fingerprint density at radius 2 is 1.93 bits per heavy atom. The lowest BCUT2D eigenvalue weighted by Gasteiger charge is -2.12. The summed E-state index contributed by atoms with van der Waals surface area (Å²) in [6, 6.07) is 13.8. The van der Waals surface area contributed by atoms with Gasteiger partial charge in [-0.3, -0.25) is 4.99 Å². The Morgan fingerprint density at radius 1 is 1.11 bits per heavy atom. The van der Waals surface area contributed by atoms with Crippen LogP contribution in [0.1, 0.15) is 17.5 Å². The van der Waals surface area contributed by atoms with Crippen molar-refractivity contribution in [3.63, 3.8) is 0 Å². The maximum Gasteiger partial charge on any atom is 0.191 e. The van der Waals surface area contributed by atoms with Crippen LogP contribution < -0.4 is 10.6 Å². The second-order valence-electron chi connectivity index (χ2n) is 6.20. The van der Waals surface area contributed by atoms with Crippen LogP contribution in [0, 0.1) is 0 Å². The Morgan fingerprint density at radius 3 is 2.61 bits per heavy atom. The van der Waals surface area contributed by atoms with E-state index in [9.17, 15) is 0 Å². The largest absolute Gasteiger partial charge is 0.356 e. The van der Waals surface area contributed by atoms with Crippen LogP contribution in [0.4, 0.5) is 0 Å². The smallest absolute Gasteiger partial charge is 0.191 e. The van der Waals surface area contributed by atoms with Crippen molar-refractivity contribution in [2.75, 3.05) is 13.6 Å². The molecule has 6 nitrogen and oxygen atoms in total. The fourth-order valence-electron chi connectivity index (χ4n) is 2.72. The molecule has 0 aliphatic carbocycles. The van der Waals surface area contributed by atoms with E-state index in [0.29, 0.717) is 16.6 Å². The molecule has 8 heteroatoms. The number of halogens is 2. The molecule has 0 atom stereocenters. The third-order valence-electron chi connectivity index (χ3n) is 4.23. The zero-order valence-electron chi connectivity index (χ0n) is 15.6. The van der Waals surface area contributed by atoms with E-state index in [1.54, 1.807) is 24.1 Å². The third-order valence-corrected chi connectivity index (χ3v) is 4.82. The zero-order chi connectivity index (χ0) is 19.8. The molecule has 3 aromatic rings. The summed E-state index contributed by atoms with van der Waals surface area (Å²) in [5.41, 5.74) is 3.23. The van der Waals surface area contributed by atoms with Gasteiger partial charge in [0.05, 0.1) is 5.69 Å². The van der Waals surface area contributed by atoms with Gasteiger partial charge < -0.3 is 10.6 Å². The Balaban J connectivity index is 1.42. The first-order valence-electron chi connectivity index (χ1n) is 8.98. The van der Waals surface area contributed by atoms with E-state index >= 15 is 0 Å². The molecule has 0 unspecified atom stereocenters. The van der Waals surface area contributed by atoms with E-state index in [1.165, 1.54) is 6.33 Å². The van der Waals surface area contributed by atoms with Crippen molar-refractivity contribution in [1.29, 1.82) is 0 Å². The highest BCUT2D eigenvalue weighted by Crippen LogP contribution is 2.21. The Hall–Kier alpha value is -2.57. The summed E-state index contributed by atoms with van der Waals surface area (Å²) < 4.78 is 1.73. The average Bonchev–Trinajstić information content (AvgIpc) is 3.24. The van der Waals surface area contributed by atoms with E-state index < -0.39 is 0 Å². The molecule has 1 heterocycles. The van der Waals surface area contributed by atoms with Crippen LogP contribution in [-0.2, 0) is 13.0 Å². The summed E-state index contributed by atoms with van der Waals surface area (Å²) in [4.78, 5) is 8.22. The van der Waals surface area contributed by atoms with Gasteiger partial charge in [0.1, 0.15) is 12.7 Å². The molecule has 2 aromatic carbocycles. The molecular formula is C20H22Cl2N6. The van der Waals surface area contributed by atoms with E-state index in [-0.39, 0.29) is 0 Å². The van der Waals surface area contributed by atoms with Crippen molar-refractivity contribution in [1.82, 2.24) is 25.4 Å². The summed E-state index contributed by atoms with van der Waals surface area (Å²) in [7, 11) is 1.76. The molecule has 28 heavy (non-hydrogen) atoms. The minimum atomic E-state index is 0.658. The van der Waals surface area contributed by atoms with Gasteiger partial charge in [-0.25, -0.2) is 9.67 Å². The Bertz CT molecular complexity index is 907. The second kappa shape index (κ2) is 10.1. The first-order chi connectivity index (χ1) is 13.7. The normalized spacial score (nSPS) is 11.5. The first kappa shape index (κ1) is 20.2. The predicted molar refractivity (Wildman–Crippen MR) is 114 cm³/mol. The molecule has 3 rings (SSSR count). The molecule has 0 fully saturated rings. The minimum Gasteiger partial charge on any atom is -0.356 e. The molecular weight excluding hydrogens is 395 g/mol. The maximum absolute atomic E-state index is 6.21. The van der Waals surface area contributed by atoms with Crippen molar-refractivity contribution in [2.45, 2.75) is 19.4 Å². The van der Waals surface area contributed by atoms with Gasteiger partial charge in [0.2, 0.25) is 0 Å². The van der Waals surface area contributed by atoms with Crippen molar-refractivity contribution in [3.05, 3.63) is 76.3 Å². The predicted octanol–water partition coefficient (Wildman–Crippen LogP) is 3.87. The van der Waals surface area contributed by atoms with Crippen molar-refractivity contribution in [2.24, 2.45) is 4.99 Å². The summed E-state index contributed by atoms with van der Waals surface area (Å²) in [6.07, 6.45) is 5.01. The van der Waals surface area contributed by atoms with Gasteiger partial charge in [-0.15, -0.1) is 0 Å². The zero-order valence-corrected chi connectivity index (χ0v) is 17.1. The second-order valence-corrected chi connectivity index (χ2v) is 7.04. The van der Waals surface area contributed by atoms with Gasteiger partial charge in [0.15, 0.2) is 5.96 Å². The highest BCUT2D eigenvalue weighted by molar-refractivity contribution is 6.35. The number of rotatable bonds is 7. The summed E-state index contributed by atoms with van der Waals surface area (Å²) >= 11 is 12.1. The van der Waals surface area contributed by atoms with Crippen LogP contribution in [0.25, 0.3) is 5.69 Å². The third kappa shape index (κ3) is 5.71. The number of hydrogen-bond acceptors (Lipinski definition) is 3. The van der Waals surface area contributed by atoms with Gasteiger partial charge in [-0.1, -0.05) is 41.4 Å². The van der Waals surface area contributed by atoms with Gasteiger partial charge in [0.25, 0.3) is 0 Å². The lowest BCUT2D eigenvalue weighted by Crippen LogP contribution is -2.37. The average molecular weight is 417 g/mol. The summed E-state index contributed by atoms with van der Waals surface area (Å²) in [6.45, 7) is 1.48. The fourth-order valence-corrected chi connectivity index (χ4v) is 3.23. The molecule has 1 aromatic heterocycles. The van der Waals surface area contributed by atoms with Gasteiger partial charge in [-0.05, 0) is 48.2 Å². The number of aryl methyl sites for hydroxylation is 1. The van der Waals surface area contributed by atoms with E-state index in [2.05, 4.69) is 37.8 Å².